The lowest BCUT2D eigenvalue weighted by Crippen LogP contribution is -2.35. The van der Waals surface area contributed by atoms with E-state index in [1.165, 1.54) is 12.3 Å². The quantitative estimate of drug-likeness (QED) is 0.427. The molecular formula is C14H20N4O5. The second-order valence-electron chi connectivity index (χ2n) is 5.79. The molecule has 1 aliphatic rings. The number of nitrogens with zero attached hydrogens (tertiary/aromatic N) is 2. The summed E-state index contributed by atoms with van der Waals surface area (Å²) in [5.41, 5.74) is 5.39. The van der Waals surface area contributed by atoms with Gasteiger partial charge in [-0.1, -0.05) is 0 Å². The summed E-state index contributed by atoms with van der Waals surface area (Å²) in [4.78, 5) is 25.4. The number of aliphatic hydroxyl groups excluding tert-OH is 2. The Balaban J connectivity index is 2.10. The zero-order valence-corrected chi connectivity index (χ0v) is 12.7. The standard InChI is InChI=1S/C14H20N4O5/c1-7-10(18(22)23)4-5-16-14(7)17-9-6-8(2-3-11(15)19)12(20)13(9)21/h4-5,8-9,12-13,20-21H,2-3,6H2,1H3,(H2,15,19)(H,16,17). The Morgan fingerprint density at radius 3 is 2.83 bits per heavy atom. The number of hydrogen-bond acceptors (Lipinski definition) is 7. The van der Waals surface area contributed by atoms with Crippen molar-refractivity contribution in [1.82, 2.24) is 4.98 Å². The molecular weight excluding hydrogens is 304 g/mol. The van der Waals surface area contributed by atoms with Crippen molar-refractivity contribution in [1.29, 1.82) is 0 Å². The molecule has 1 aliphatic carbocycles. The van der Waals surface area contributed by atoms with Gasteiger partial charge in [-0.05, 0) is 25.7 Å². The van der Waals surface area contributed by atoms with Gasteiger partial charge < -0.3 is 21.3 Å². The van der Waals surface area contributed by atoms with Crippen molar-refractivity contribution in [3.05, 3.63) is 27.9 Å². The van der Waals surface area contributed by atoms with Gasteiger partial charge in [-0.15, -0.1) is 0 Å². The van der Waals surface area contributed by atoms with Gasteiger partial charge >= 0.3 is 0 Å². The van der Waals surface area contributed by atoms with Crippen LogP contribution in [0.4, 0.5) is 11.5 Å². The van der Waals surface area contributed by atoms with Gasteiger partial charge in [0.2, 0.25) is 5.91 Å². The fraction of sp³-hybridized carbons (Fsp3) is 0.571. The van der Waals surface area contributed by atoms with Crippen LogP contribution in [0, 0.1) is 23.0 Å². The van der Waals surface area contributed by atoms with Crippen LogP contribution in [-0.2, 0) is 4.79 Å². The molecule has 4 unspecified atom stereocenters. The molecule has 1 fully saturated rings. The molecule has 0 aromatic carbocycles. The molecule has 2 rings (SSSR count). The van der Waals surface area contributed by atoms with E-state index in [2.05, 4.69) is 10.3 Å². The Kier molecular flexibility index (Phi) is 5.12. The van der Waals surface area contributed by atoms with Crippen LogP contribution in [0.2, 0.25) is 0 Å². The molecule has 5 N–H and O–H groups in total. The highest BCUT2D eigenvalue weighted by Gasteiger charge is 2.41. The van der Waals surface area contributed by atoms with Crippen LogP contribution >= 0.6 is 0 Å². The number of carbonyl (C=O) groups excluding carboxylic acids is 1. The molecule has 1 amide bonds. The summed E-state index contributed by atoms with van der Waals surface area (Å²) in [5, 5.41) is 34.1. The fourth-order valence-electron chi connectivity index (χ4n) is 2.93. The number of aliphatic hydroxyl groups is 2. The predicted octanol–water partition coefficient (Wildman–Crippen LogP) is 0.0859. The molecule has 126 valence electrons. The highest BCUT2D eigenvalue weighted by Crippen LogP contribution is 2.33. The summed E-state index contributed by atoms with van der Waals surface area (Å²) in [6.07, 6.45) is 0.219. The van der Waals surface area contributed by atoms with Gasteiger partial charge in [-0.25, -0.2) is 4.98 Å². The van der Waals surface area contributed by atoms with Gasteiger partial charge in [0.05, 0.1) is 22.6 Å². The van der Waals surface area contributed by atoms with Gasteiger partial charge in [-0.3, -0.25) is 14.9 Å². The lowest BCUT2D eigenvalue weighted by atomic mass is 9.99. The molecule has 0 radical (unpaired) electrons. The lowest BCUT2D eigenvalue weighted by Gasteiger charge is -2.19. The Morgan fingerprint density at radius 2 is 2.22 bits per heavy atom. The molecule has 9 nitrogen and oxygen atoms in total. The first kappa shape index (κ1) is 17.1. The first-order valence-corrected chi connectivity index (χ1v) is 7.32. The number of primary amides is 1. The van der Waals surface area contributed by atoms with Crippen molar-refractivity contribution >= 4 is 17.4 Å². The van der Waals surface area contributed by atoms with Crippen LogP contribution in [0.5, 0.6) is 0 Å². The van der Waals surface area contributed by atoms with Gasteiger partial charge in [0.1, 0.15) is 11.9 Å². The number of carbonyl (C=O) groups is 1. The van der Waals surface area contributed by atoms with E-state index in [-0.39, 0.29) is 18.0 Å². The Hall–Kier alpha value is -2.26. The molecule has 9 heteroatoms. The number of anilines is 1. The van der Waals surface area contributed by atoms with Crippen molar-refractivity contribution in [2.75, 3.05) is 5.32 Å². The number of nitro groups is 1. The molecule has 1 heterocycles. The maximum atomic E-state index is 10.9. The molecule has 1 aromatic heterocycles. The monoisotopic (exact) mass is 324 g/mol. The van der Waals surface area contributed by atoms with Crippen LogP contribution in [-0.4, -0.2) is 44.3 Å². The second kappa shape index (κ2) is 6.88. The van der Waals surface area contributed by atoms with Crippen LogP contribution in [0.15, 0.2) is 12.3 Å². The fourth-order valence-corrected chi connectivity index (χ4v) is 2.93. The van der Waals surface area contributed by atoms with E-state index in [1.54, 1.807) is 6.92 Å². The number of amides is 1. The number of nitrogens with one attached hydrogen (secondary N) is 1. The second-order valence-corrected chi connectivity index (χ2v) is 5.79. The summed E-state index contributed by atoms with van der Waals surface area (Å²) < 4.78 is 0. The first-order chi connectivity index (χ1) is 10.8. The number of pyridine rings is 1. The minimum atomic E-state index is -1.05. The van der Waals surface area contributed by atoms with Crippen molar-refractivity contribution < 1.29 is 19.9 Å². The number of aromatic nitrogens is 1. The third-order valence-corrected chi connectivity index (χ3v) is 4.26. The van der Waals surface area contributed by atoms with E-state index in [0.29, 0.717) is 24.2 Å². The van der Waals surface area contributed by atoms with Crippen molar-refractivity contribution in [3.63, 3.8) is 0 Å². The topological polar surface area (TPSA) is 152 Å². The molecule has 23 heavy (non-hydrogen) atoms. The molecule has 0 bridgehead atoms. The summed E-state index contributed by atoms with van der Waals surface area (Å²) >= 11 is 0. The third-order valence-electron chi connectivity index (χ3n) is 4.26. The zero-order valence-electron chi connectivity index (χ0n) is 12.7. The third kappa shape index (κ3) is 3.74. The van der Waals surface area contributed by atoms with Gasteiger partial charge in [0.25, 0.3) is 5.69 Å². The maximum Gasteiger partial charge on any atom is 0.277 e. The summed E-state index contributed by atoms with van der Waals surface area (Å²) in [7, 11) is 0. The minimum Gasteiger partial charge on any atom is -0.390 e. The highest BCUT2D eigenvalue weighted by atomic mass is 16.6. The Labute approximate surface area is 132 Å². The van der Waals surface area contributed by atoms with E-state index < -0.39 is 29.1 Å². The number of nitrogens with two attached hydrogens (primary N) is 1. The summed E-state index contributed by atoms with van der Waals surface area (Å²) in [5.74, 6) is -0.431. The van der Waals surface area contributed by atoms with Gasteiger partial charge in [0.15, 0.2) is 0 Å². The van der Waals surface area contributed by atoms with Crippen LogP contribution in [0.1, 0.15) is 24.8 Å². The van der Waals surface area contributed by atoms with Gasteiger partial charge in [0, 0.05) is 18.7 Å². The average Bonchev–Trinajstić information content (AvgIpc) is 2.75. The molecule has 1 aromatic rings. The average molecular weight is 324 g/mol. The van der Waals surface area contributed by atoms with Crippen LogP contribution in [0.25, 0.3) is 0 Å². The smallest absolute Gasteiger partial charge is 0.277 e. The minimum absolute atomic E-state index is 0.0687. The number of hydrogen-bond donors (Lipinski definition) is 4. The first-order valence-electron chi connectivity index (χ1n) is 7.32. The Bertz CT molecular complexity index is 609. The van der Waals surface area contributed by atoms with Crippen LogP contribution < -0.4 is 11.1 Å². The Morgan fingerprint density at radius 1 is 1.52 bits per heavy atom. The SMILES string of the molecule is Cc1c([N+](=O)[O-])ccnc1NC1CC(CCC(N)=O)C(O)C1O. The van der Waals surface area contributed by atoms with E-state index >= 15 is 0 Å². The predicted molar refractivity (Wildman–Crippen MR) is 81.6 cm³/mol. The van der Waals surface area contributed by atoms with Crippen molar-refractivity contribution in [2.45, 2.75) is 44.4 Å². The zero-order chi connectivity index (χ0) is 17.1. The number of rotatable bonds is 6. The van der Waals surface area contributed by atoms with E-state index in [4.69, 9.17) is 5.73 Å². The van der Waals surface area contributed by atoms with E-state index in [9.17, 15) is 25.1 Å². The molecule has 4 atom stereocenters. The van der Waals surface area contributed by atoms with Crippen molar-refractivity contribution in [2.24, 2.45) is 11.7 Å². The largest absolute Gasteiger partial charge is 0.390 e. The van der Waals surface area contributed by atoms with E-state index in [1.807, 2.05) is 0 Å². The van der Waals surface area contributed by atoms with Crippen molar-refractivity contribution in [3.8, 4) is 0 Å². The lowest BCUT2D eigenvalue weighted by molar-refractivity contribution is -0.385. The van der Waals surface area contributed by atoms with Crippen LogP contribution in [0.3, 0.4) is 0 Å². The summed E-state index contributed by atoms with van der Waals surface area (Å²) in [6, 6.07) is 0.798. The highest BCUT2D eigenvalue weighted by molar-refractivity contribution is 5.73. The molecule has 0 spiro atoms. The molecule has 0 saturated heterocycles. The normalized spacial score (nSPS) is 26.9. The summed E-state index contributed by atoms with van der Waals surface area (Å²) in [6.45, 7) is 1.57. The molecule has 1 saturated carbocycles. The van der Waals surface area contributed by atoms with E-state index in [0.717, 1.165) is 0 Å². The van der Waals surface area contributed by atoms with Gasteiger partial charge in [-0.2, -0.15) is 0 Å². The maximum absolute atomic E-state index is 10.9. The molecule has 0 aliphatic heterocycles.